The average Bonchev–Trinajstić information content (AvgIpc) is 3.37. The van der Waals surface area contributed by atoms with Crippen LogP contribution in [0.3, 0.4) is 0 Å². The first-order chi connectivity index (χ1) is 12.1. The van der Waals surface area contributed by atoms with Gasteiger partial charge in [0.2, 0.25) is 5.91 Å². The van der Waals surface area contributed by atoms with Crippen LogP contribution in [0.2, 0.25) is 0 Å². The van der Waals surface area contributed by atoms with Gasteiger partial charge in [0, 0.05) is 13.1 Å². The number of methoxy groups -OCH3 is 1. The van der Waals surface area contributed by atoms with Crippen molar-refractivity contribution in [2.45, 2.75) is 38.5 Å². The third-order valence-corrected chi connectivity index (χ3v) is 6.96. The number of hydrogen-bond donors (Lipinski definition) is 1. The van der Waals surface area contributed by atoms with Gasteiger partial charge in [-0.2, -0.15) is 0 Å². The summed E-state index contributed by atoms with van der Waals surface area (Å²) >= 11 is 0. The second kappa shape index (κ2) is 7.77. The summed E-state index contributed by atoms with van der Waals surface area (Å²) in [5, 5.41) is 0. The van der Waals surface area contributed by atoms with Crippen LogP contribution in [0.15, 0.2) is 24.3 Å². The molecule has 1 heterocycles. The van der Waals surface area contributed by atoms with Crippen molar-refractivity contribution < 1.29 is 9.53 Å². The van der Waals surface area contributed by atoms with Crippen LogP contribution in [0.5, 0.6) is 5.75 Å². The van der Waals surface area contributed by atoms with Crippen LogP contribution in [-0.2, 0) is 11.2 Å². The van der Waals surface area contributed by atoms with Crippen molar-refractivity contribution in [1.29, 1.82) is 0 Å². The number of rotatable bonds is 5. The second-order valence-corrected chi connectivity index (χ2v) is 8.41. The molecule has 0 radical (unpaired) electrons. The quantitative estimate of drug-likeness (QED) is 0.855. The van der Waals surface area contributed by atoms with E-state index in [1.165, 1.54) is 24.8 Å². The third kappa shape index (κ3) is 3.34. The van der Waals surface area contributed by atoms with Crippen molar-refractivity contribution >= 4 is 18.3 Å². The van der Waals surface area contributed by atoms with Gasteiger partial charge in [-0.25, -0.2) is 0 Å². The Morgan fingerprint density at radius 1 is 1.35 bits per heavy atom. The van der Waals surface area contributed by atoms with Crippen LogP contribution in [-0.4, -0.2) is 37.6 Å². The van der Waals surface area contributed by atoms with Gasteiger partial charge in [0.25, 0.3) is 0 Å². The van der Waals surface area contributed by atoms with Gasteiger partial charge in [0.15, 0.2) is 0 Å². The van der Waals surface area contributed by atoms with Gasteiger partial charge in [-0.1, -0.05) is 18.6 Å². The lowest BCUT2D eigenvalue weighted by molar-refractivity contribution is -0.144. The molecule has 1 aliphatic heterocycles. The molecule has 5 heteroatoms. The number of benzene rings is 1. The summed E-state index contributed by atoms with van der Waals surface area (Å²) in [6.45, 7) is 2.43. The molecule has 2 N–H and O–H groups in total. The normalized spacial score (nSPS) is 32.5. The lowest BCUT2D eigenvalue weighted by Crippen LogP contribution is -2.47. The van der Waals surface area contributed by atoms with Gasteiger partial charge in [-0.15, -0.1) is 12.4 Å². The van der Waals surface area contributed by atoms with Crippen LogP contribution in [0.25, 0.3) is 0 Å². The molecule has 144 valence electrons. The van der Waals surface area contributed by atoms with E-state index in [1.54, 1.807) is 7.11 Å². The van der Waals surface area contributed by atoms with Crippen LogP contribution >= 0.6 is 12.4 Å². The van der Waals surface area contributed by atoms with E-state index in [0.717, 1.165) is 44.0 Å². The lowest BCUT2D eigenvalue weighted by Gasteiger charge is -2.39. The highest BCUT2D eigenvalue weighted by Crippen LogP contribution is 2.58. The first-order valence-corrected chi connectivity index (χ1v) is 9.77. The van der Waals surface area contributed by atoms with E-state index in [-0.39, 0.29) is 17.8 Å². The van der Waals surface area contributed by atoms with Crippen molar-refractivity contribution in [3.05, 3.63) is 29.8 Å². The van der Waals surface area contributed by atoms with E-state index in [4.69, 9.17) is 10.5 Å². The molecule has 1 aromatic carbocycles. The maximum absolute atomic E-state index is 13.6. The monoisotopic (exact) mass is 378 g/mol. The molecule has 0 spiro atoms. The zero-order chi connectivity index (χ0) is 17.4. The lowest BCUT2D eigenvalue weighted by atomic mass is 9.68. The number of fused-ring (bicyclic) bond motifs is 2. The maximum Gasteiger partial charge on any atom is 0.229 e. The first kappa shape index (κ1) is 19.5. The van der Waals surface area contributed by atoms with E-state index in [1.807, 2.05) is 12.1 Å². The zero-order valence-electron chi connectivity index (χ0n) is 15.7. The fourth-order valence-corrected chi connectivity index (χ4v) is 5.67. The highest BCUT2D eigenvalue weighted by Gasteiger charge is 2.56. The topological polar surface area (TPSA) is 55.6 Å². The Labute approximate surface area is 162 Å². The van der Waals surface area contributed by atoms with E-state index < -0.39 is 0 Å². The summed E-state index contributed by atoms with van der Waals surface area (Å²) in [5.74, 6) is 3.06. The summed E-state index contributed by atoms with van der Waals surface area (Å²) in [6, 6.07) is 8.27. The highest BCUT2D eigenvalue weighted by molar-refractivity contribution is 5.85. The molecule has 4 nitrogen and oxygen atoms in total. The average molecular weight is 379 g/mol. The molecule has 4 rings (SSSR count). The summed E-state index contributed by atoms with van der Waals surface area (Å²) < 4.78 is 5.39. The molecule has 0 aromatic heterocycles. The minimum absolute atomic E-state index is 0. The number of carbonyl (C=O) groups excluding carboxylic acids is 1. The Kier molecular flexibility index (Phi) is 5.83. The molecule has 26 heavy (non-hydrogen) atoms. The maximum atomic E-state index is 13.6. The Bertz CT molecular complexity index is 653. The van der Waals surface area contributed by atoms with Gasteiger partial charge in [0.1, 0.15) is 5.75 Å². The highest BCUT2D eigenvalue weighted by atomic mass is 35.5. The van der Waals surface area contributed by atoms with Gasteiger partial charge in [-0.3, -0.25) is 4.79 Å². The Hall–Kier alpha value is -1.26. The van der Waals surface area contributed by atoms with Crippen LogP contribution in [0.1, 0.15) is 37.7 Å². The number of nitrogens with zero attached hydrogens (tertiary/aromatic N) is 1. The molecule has 3 fully saturated rings. The van der Waals surface area contributed by atoms with Gasteiger partial charge in [0.05, 0.1) is 12.5 Å². The van der Waals surface area contributed by atoms with Crippen LogP contribution in [0, 0.1) is 23.2 Å². The fourth-order valence-electron chi connectivity index (χ4n) is 5.67. The fraction of sp³-hybridized carbons (Fsp3) is 0.667. The first-order valence-electron chi connectivity index (χ1n) is 9.77. The second-order valence-electron chi connectivity index (χ2n) is 8.41. The SMILES string of the molecule is COc1cccc(CC2(C(=O)N3CCC(CN)C3)CC3CCC2C3)c1.Cl. The number of hydrogen-bond acceptors (Lipinski definition) is 3. The summed E-state index contributed by atoms with van der Waals surface area (Å²) in [4.78, 5) is 15.8. The number of nitrogens with two attached hydrogens (primary N) is 1. The molecule has 2 aliphatic carbocycles. The Morgan fingerprint density at radius 2 is 2.19 bits per heavy atom. The molecule has 2 bridgehead atoms. The number of amides is 1. The summed E-state index contributed by atoms with van der Waals surface area (Å²) in [6.07, 6.45) is 6.75. The summed E-state index contributed by atoms with van der Waals surface area (Å²) in [7, 11) is 1.70. The van der Waals surface area contributed by atoms with Crippen molar-refractivity contribution in [1.82, 2.24) is 4.90 Å². The summed E-state index contributed by atoms with van der Waals surface area (Å²) in [5.41, 5.74) is 6.88. The van der Waals surface area contributed by atoms with Crippen molar-refractivity contribution in [2.24, 2.45) is 28.9 Å². The molecule has 2 saturated carbocycles. The molecule has 4 atom stereocenters. The van der Waals surface area contributed by atoms with Crippen LogP contribution in [0.4, 0.5) is 0 Å². The number of halogens is 1. The van der Waals surface area contributed by atoms with Crippen molar-refractivity contribution in [3.8, 4) is 5.75 Å². The Morgan fingerprint density at radius 3 is 2.81 bits per heavy atom. The molecular formula is C21H31ClN2O2. The number of likely N-dealkylation sites (tertiary alicyclic amines) is 1. The minimum atomic E-state index is -0.196. The smallest absolute Gasteiger partial charge is 0.229 e. The van der Waals surface area contributed by atoms with Crippen LogP contribution < -0.4 is 10.5 Å². The van der Waals surface area contributed by atoms with E-state index >= 15 is 0 Å². The third-order valence-electron chi connectivity index (χ3n) is 6.96. The van der Waals surface area contributed by atoms with Crippen molar-refractivity contribution in [3.63, 3.8) is 0 Å². The molecular weight excluding hydrogens is 348 g/mol. The Balaban J connectivity index is 0.00000196. The molecule has 1 saturated heterocycles. The van der Waals surface area contributed by atoms with Gasteiger partial charge in [-0.05, 0) is 74.1 Å². The standard InChI is InChI=1S/C21H30N2O2.ClH/c1-25-19-4-2-3-15(10-19)11-21(12-16-5-6-18(21)9-16)20(24)23-8-7-17(13-22)14-23;/h2-4,10,16-18H,5-9,11-14,22H2,1H3;1H. The van der Waals surface area contributed by atoms with Gasteiger partial charge >= 0.3 is 0 Å². The molecule has 4 unspecified atom stereocenters. The molecule has 1 aromatic rings. The number of ether oxygens (including phenoxy) is 1. The minimum Gasteiger partial charge on any atom is -0.497 e. The van der Waals surface area contributed by atoms with E-state index in [2.05, 4.69) is 17.0 Å². The van der Waals surface area contributed by atoms with E-state index in [9.17, 15) is 4.79 Å². The molecule has 3 aliphatic rings. The molecule has 1 amide bonds. The predicted molar refractivity (Wildman–Crippen MR) is 106 cm³/mol. The van der Waals surface area contributed by atoms with E-state index in [0.29, 0.717) is 24.3 Å². The predicted octanol–water partition coefficient (Wildman–Crippen LogP) is 3.27. The van der Waals surface area contributed by atoms with Gasteiger partial charge < -0.3 is 15.4 Å². The largest absolute Gasteiger partial charge is 0.497 e. The van der Waals surface area contributed by atoms with Crippen molar-refractivity contribution in [2.75, 3.05) is 26.7 Å². The number of carbonyl (C=O) groups is 1. The zero-order valence-corrected chi connectivity index (χ0v) is 16.5.